The molecule has 3 aromatic rings. The SMILES string of the molecule is CC(C)C(C(=O)Nc1ccc(=O)n(Cc2ccccc2Cl)c1)N1C(=O)c2ccccc2C1=O. The number of imide groups is 1. The summed E-state index contributed by atoms with van der Waals surface area (Å²) in [4.78, 5) is 52.4. The van der Waals surface area contributed by atoms with E-state index in [1.54, 1.807) is 50.2 Å². The Hall–Kier alpha value is -3.71. The van der Waals surface area contributed by atoms with Gasteiger partial charge in [-0.3, -0.25) is 24.1 Å². The number of amides is 3. The van der Waals surface area contributed by atoms with E-state index >= 15 is 0 Å². The van der Waals surface area contributed by atoms with Crippen LogP contribution in [0, 0.1) is 5.92 Å². The summed E-state index contributed by atoms with van der Waals surface area (Å²) < 4.78 is 1.43. The van der Waals surface area contributed by atoms with Crippen molar-refractivity contribution in [3.63, 3.8) is 0 Å². The average molecular weight is 464 g/mol. The molecule has 0 radical (unpaired) electrons. The van der Waals surface area contributed by atoms with E-state index in [1.807, 2.05) is 12.1 Å². The molecule has 2 aromatic carbocycles. The molecule has 2 heterocycles. The lowest BCUT2D eigenvalue weighted by molar-refractivity contribution is -0.121. The molecule has 4 rings (SSSR count). The lowest BCUT2D eigenvalue weighted by Gasteiger charge is -2.28. The summed E-state index contributed by atoms with van der Waals surface area (Å²) in [5, 5.41) is 3.29. The highest BCUT2D eigenvalue weighted by Crippen LogP contribution is 2.27. The third-order valence-electron chi connectivity index (χ3n) is 5.55. The number of carbonyl (C=O) groups excluding carboxylic acids is 3. The van der Waals surface area contributed by atoms with Crippen molar-refractivity contribution in [1.82, 2.24) is 9.47 Å². The van der Waals surface area contributed by atoms with Gasteiger partial charge in [0.25, 0.3) is 17.4 Å². The van der Waals surface area contributed by atoms with E-state index in [2.05, 4.69) is 5.32 Å². The van der Waals surface area contributed by atoms with Crippen molar-refractivity contribution in [3.05, 3.63) is 98.9 Å². The van der Waals surface area contributed by atoms with Crippen molar-refractivity contribution in [2.24, 2.45) is 5.92 Å². The fourth-order valence-corrected chi connectivity index (χ4v) is 4.13. The first kappa shape index (κ1) is 22.5. The standard InChI is InChI=1S/C25H22ClN3O4/c1-15(2)22(29-24(32)18-8-4-5-9-19(18)25(29)33)23(31)27-17-11-12-21(30)28(14-17)13-16-7-3-6-10-20(16)26/h3-12,14-15,22H,13H2,1-2H3,(H,27,31). The summed E-state index contributed by atoms with van der Waals surface area (Å²) in [5.41, 5.74) is 1.45. The number of nitrogens with zero attached hydrogens (tertiary/aromatic N) is 2. The number of halogens is 1. The molecule has 0 saturated carbocycles. The minimum Gasteiger partial charge on any atom is -0.323 e. The van der Waals surface area contributed by atoms with Gasteiger partial charge in [-0.05, 0) is 35.7 Å². The van der Waals surface area contributed by atoms with Crippen molar-refractivity contribution < 1.29 is 14.4 Å². The van der Waals surface area contributed by atoms with Crippen molar-refractivity contribution >= 4 is 35.0 Å². The molecule has 0 aliphatic carbocycles. The number of anilines is 1. The van der Waals surface area contributed by atoms with Crippen LogP contribution in [0.1, 0.15) is 40.1 Å². The normalized spacial score (nSPS) is 13.9. The molecule has 1 aromatic heterocycles. The van der Waals surface area contributed by atoms with Gasteiger partial charge in [-0.2, -0.15) is 0 Å². The molecule has 8 heteroatoms. The van der Waals surface area contributed by atoms with Gasteiger partial charge in [0.1, 0.15) is 6.04 Å². The van der Waals surface area contributed by atoms with Crippen molar-refractivity contribution in [2.45, 2.75) is 26.4 Å². The molecule has 0 spiro atoms. The Morgan fingerprint density at radius 1 is 0.909 bits per heavy atom. The van der Waals surface area contributed by atoms with Gasteiger partial charge in [0.15, 0.2) is 0 Å². The van der Waals surface area contributed by atoms with Gasteiger partial charge in [-0.25, -0.2) is 0 Å². The second-order valence-electron chi connectivity index (χ2n) is 8.18. The molecular weight excluding hydrogens is 442 g/mol. The minimum atomic E-state index is -1.01. The van der Waals surface area contributed by atoms with Gasteiger partial charge < -0.3 is 9.88 Å². The number of benzene rings is 2. The first-order valence-corrected chi connectivity index (χ1v) is 10.9. The van der Waals surface area contributed by atoms with Crippen molar-refractivity contribution in [3.8, 4) is 0 Å². The maximum absolute atomic E-state index is 13.2. The molecule has 0 bridgehead atoms. The quantitative estimate of drug-likeness (QED) is 0.563. The topological polar surface area (TPSA) is 88.5 Å². The van der Waals surface area contributed by atoms with Crippen LogP contribution in [0.15, 0.2) is 71.7 Å². The first-order chi connectivity index (χ1) is 15.8. The van der Waals surface area contributed by atoms with E-state index in [-0.39, 0.29) is 29.1 Å². The maximum atomic E-state index is 13.2. The van der Waals surface area contributed by atoms with Crippen LogP contribution < -0.4 is 10.9 Å². The second-order valence-corrected chi connectivity index (χ2v) is 8.59. The summed E-state index contributed by atoms with van der Waals surface area (Å²) >= 11 is 6.21. The summed E-state index contributed by atoms with van der Waals surface area (Å²) in [7, 11) is 0. The number of pyridine rings is 1. The van der Waals surface area contributed by atoms with Gasteiger partial charge in [0.2, 0.25) is 5.91 Å². The lowest BCUT2D eigenvalue weighted by atomic mass is 10.0. The molecule has 168 valence electrons. The Kier molecular flexibility index (Phi) is 6.16. The summed E-state index contributed by atoms with van der Waals surface area (Å²) in [5.74, 6) is -1.83. The van der Waals surface area contributed by atoms with Crippen LogP contribution in [-0.2, 0) is 11.3 Å². The fraction of sp³-hybridized carbons (Fsp3) is 0.200. The predicted octanol–water partition coefficient (Wildman–Crippen LogP) is 3.81. The van der Waals surface area contributed by atoms with Crippen LogP contribution in [0.25, 0.3) is 0 Å². The molecule has 3 amide bonds. The Morgan fingerprint density at radius 3 is 2.12 bits per heavy atom. The number of hydrogen-bond acceptors (Lipinski definition) is 4. The molecule has 7 nitrogen and oxygen atoms in total. The van der Waals surface area contributed by atoms with Gasteiger partial charge in [-0.1, -0.05) is 55.8 Å². The maximum Gasteiger partial charge on any atom is 0.262 e. The molecule has 1 unspecified atom stereocenters. The third-order valence-corrected chi connectivity index (χ3v) is 5.92. The molecule has 0 saturated heterocycles. The van der Waals surface area contributed by atoms with Crippen LogP contribution in [0.2, 0.25) is 5.02 Å². The molecule has 1 aliphatic heterocycles. The Balaban J connectivity index is 1.59. The smallest absolute Gasteiger partial charge is 0.262 e. The Morgan fingerprint density at radius 2 is 1.52 bits per heavy atom. The lowest BCUT2D eigenvalue weighted by Crippen LogP contribution is -2.50. The summed E-state index contributed by atoms with van der Waals surface area (Å²) in [6, 6.07) is 15.5. The molecule has 1 N–H and O–H groups in total. The van der Waals surface area contributed by atoms with E-state index in [1.165, 1.54) is 22.9 Å². The Bertz CT molecular complexity index is 1280. The van der Waals surface area contributed by atoms with Crippen molar-refractivity contribution in [2.75, 3.05) is 5.32 Å². The van der Waals surface area contributed by atoms with Crippen LogP contribution in [0.3, 0.4) is 0 Å². The zero-order chi connectivity index (χ0) is 23.7. The van der Waals surface area contributed by atoms with Gasteiger partial charge in [-0.15, -0.1) is 0 Å². The molecular formula is C25H22ClN3O4. The minimum absolute atomic E-state index is 0.230. The first-order valence-electron chi connectivity index (χ1n) is 10.5. The monoisotopic (exact) mass is 463 g/mol. The third kappa shape index (κ3) is 4.32. The number of fused-ring (bicyclic) bond motifs is 1. The number of nitrogens with one attached hydrogen (secondary N) is 1. The van der Waals surface area contributed by atoms with Crippen LogP contribution >= 0.6 is 11.6 Å². The van der Waals surface area contributed by atoms with E-state index < -0.39 is 23.8 Å². The molecule has 0 fully saturated rings. The largest absolute Gasteiger partial charge is 0.323 e. The van der Waals surface area contributed by atoms with Gasteiger partial charge in [0, 0.05) is 17.3 Å². The van der Waals surface area contributed by atoms with Crippen LogP contribution in [0.4, 0.5) is 5.69 Å². The number of aromatic nitrogens is 1. The molecule has 1 aliphatic rings. The summed E-state index contributed by atoms with van der Waals surface area (Å²) in [6.07, 6.45) is 1.52. The van der Waals surface area contributed by atoms with Gasteiger partial charge in [0.05, 0.1) is 23.4 Å². The van der Waals surface area contributed by atoms with Crippen LogP contribution in [0.5, 0.6) is 0 Å². The highest BCUT2D eigenvalue weighted by molar-refractivity contribution is 6.31. The van der Waals surface area contributed by atoms with Gasteiger partial charge >= 0.3 is 0 Å². The van der Waals surface area contributed by atoms with E-state index in [0.717, 1.165) is 10.5 Å². The van der Waals surface area contributed by atoms with Crippen molar-refractivity contribution in [1.29, 1.82) is 0 Å². The zero-order valence-corrected chi connectivity index (χ0v) is 18.9. The number of carbonyl (C=O) groups is 3. The Labute approximate surface area is 195 Å². The fourth-order valence-electron chi connectivity index (χ4n) is 3.93. The predicted molar refractivity (Wildman–Crippen MR) is 125 cm³/mol. The van der Waals surface area contributed by atoms with E-state index in [4.69, 9.17) is 11.6 Å². The number of rotatable bonds is 6. The molecule has 33 heavy (non-hydrogen) atoms. The number of hydrogen-bond donors (Lipinski definition) is 1. The second kappa shape index (κ2) is 9.03. The van der Waals surface area contributed by atoms with E-state index in [0.29, 0.717) is 10.7 Å². The highest BCUT2D eigenvalue weighted by atomic mass is 35.5. The molecule has 1 atom stereocenters. The zero-order valence-electron chi connectivity index (χ0n) is 18.1. The summed E-state index contributed by atoms with van der Waals surface area (Å²) in [6.45, 7) is 3.77. The highest BCUT2D eigenvalue weighted by Gasteiger charge is 2.43. The average Bonchev–Trinajstić information content (AvgIpc) is 3.03. The van der Waals surface area contributed by atoms with Crippen LogP contribution in [-0.4, -0.2) is 33.2 Å². The van der Waals surface area contributed by atoms with E-state index in [9.17, 15) is 19.2 Å².